The third kappa shape index (κ3) is 1.93. The van der Waals surface area contributed by atoms with Gasteiger partial charge in [-0.15, -0.1) is 0 Å². The van der Waals surface area contributed by atoms with Crippen LogP contribution in [0.3, 0.4) is 0 Å². The van der Waals surface area contributed by atoms with Gasteiger partial charge >= 0.3 is 5.97 Å². The molecule has 3 aliphatic rings. The zero-order valence-corrected chi connectivity index (χ0v) is 11.0. The van der Waals surface area contributed by atoms with Crippen molar-refractivity contribution in [3.05, 3.63) is 0 Å². The smallest absolute Gasteiger partial charge is 0.338 e. The fourth-order valence-electron chi connectivity index (χ4n) is 2.64. The van der Waals surface area contributed by atoms with Crippen LogP contribution in [0.2, 0.25) is 0 Å². The summed E-state index contributed by atoms with van der Waals surface area (Å²) in [5.74, 6) is -1.80. The molecule has 0 saturated carbocycles. The first kappa shape index (κ1) is 12.3. The molecule has 3 fully saturated rings. The number of carbonyl (C=O) groups excluding carboxylic acids is 1. The maximum atomic E-state index is 11.7. The van der Waals surface area contributed by atoms with Crippen LogP contribution in [0, 0.1) is 0 Å². The molecule has 18 heavy (non-hydrogen) atoms. The van der Waals surface area contributed by atoms with E-state index in [9.17, 15) is 4.79 Å². The Morgan fingerprint density at radius 1 is 1.00 bits per heavy atom. The van der Waals surface area contributed by atoms with E-state index in [1.165, 1.54) is 0 Å². The number of hydrogen-bond acceptors (Lipinski definition) is 6. The Morgan fingerprint density at radius 3 is 2.33 bits per heavy atom. The minimum Gasteiger partial charge on any atom is -0.455 e. The van der Waals surface area contributed by atoms with Gasteiger partial charge in [0.25, 0.3) is 0 Å². The minimum atomic E-state index is -0.762. The summed E-state index contributed by atoms with van der Waals surface area (Å²) in [6, 6.07) is 0. The summed E-state index contributed by atoms with van der Waals surface area (Å²) in [4.78, 5) is 11.7. The van der Waals surface area contributed by atoms with Gasteiger partial charge in [-0.25, -0.2) is 4.79 Å². The number of rotatable bonds is 1. The van der Waals surface area contributed by atoms with Crippen LogP contribution in [-0.4, -0.2) is 48.6 Å². The lowest BCUT2D eigenvalue weighted by molar-refractivity contribution is -0.200. The number of carbonyl (C=O) groups is 1. The Hall–Kier alpha value is -0.690. The molecule has 0 N–H and O–H groups in total. The molecule has 0 amide bonds. The molecule has 0 aromatic heterocycles. The predicted octanol–water partition coefficient (Wildman–Crippen LogP) is 0.583. The summed E-state index contributed by atoms with van der Waals surface area (Å²) in [5.41, 5.74) is 0. The Morgan fingerprint density at radius 2 is 1.72 bits per heavy atom. The molecule has 3 aliphatic heterocycles. The molecule has 6 heteroatoms. The van der Waals surface area contributed by atoms with Crippen LogP contribution in [0.15, 0.2) is 0 Å². The average Bonchev–Trinajstić information content (AvgIpc) is 2.81. The summed E-state index contributed by atoms with van der Waals surface area (Å²) in [5, 5.41) is 0. The first-order valence-corrected chi connectivity index (χ1v) is 6.15. The lowest BCUT2D eigenvalue weighted by Gasteiger charge is -2.25. The van der Waals surface area contributed by atoms with E-state index in [2.05, 4.69) is 0 Å². The molecule has 0 radical (unpaired) electrons. The predicted molar refractivity (Wildman–Crippen MR) is 58.6 cm³/mol. The van der Waals surface area contributed by atoms with Crippen LogP contribution < -0.4 is 0 Å². The highest BCUT2D eigenvalue weighted by Gasteiger charge is 2.59. The summed E-state index contributed by atoms with van der Waals surface area (Å²) >= 11 is 0. The summed E-state index contributed by atoms with van der Waals surface area (Å²) in [6.07, 6.45) is -1.85. The zero-order valence-electron chi connectivity index (χ0n) is 11.0. The monoisotopic (exact) mass is 258 g/mol. The van der Waals surface area contributed by atoms with Crippen molar-refractivity contribution in [3.63, 3.8) is 0 Å². The molecule has 102 valence electrons. The molecule has 6 nitrogen and oxygen atoms in total. The molecule has 0 spiro atoms. The standard InChI is InChI=1S/C12H18O6/c1-11(2)14-5-6(16-11)7-8-9(10(13)15-7)18-12(3,4)17-8/h6-9H,5H2,1-4H3/t6-,7-,8+,9-/m1/s1. The van der Waals surface area contributed by atoms with Crippen LogP contribution >= 0.6 is 0 Å². The molecule has 0 unspecified atom stereocenters. The maximum Gasteiger partial charge on any atom is 0.338 e. The van der Waals surface area contributed by atoms with Crippen molar-refractivity contribution in [2.24, 2.45) is 0 Å². The highest BCUT2D eigenvalue weighted by molar-refractivity contribution is 5.78. The van der Waals surface area contributed by atoms with Gasteiger partial charge in [-0.3, -0.25) is 0 Å². The lowest BCUT2D eigenvalue weighted by atomic mass is 10.1. The van der Waals surface area contributed by atoms with Crippen molar-refractivity contribution >= 4 is 5.97 Å². The van der Waals surface area contributed by atoms with Crippen molar-refractivity contribution < 1.29 is 28.5 Å². The van der Waals surface area contributed by atoms with Crippen molar-refractivity contribution in [1.82, 2.24) is 0 Å². The quantitative estimate of drug-likeness (QED) is 0.641. The highest BCUT2D eigenvalue weighted by atomic mass is 16.8. The number of cyclic esters (lactones) is 1. The van der Waals surface area contributed by atoms with Crippen LogP contribution in [0.4, 0.5) is 0 Å². The van der Waals surface area contributed by atoms with E-state index in [1.54, 1.807) is 13.8 Å². The van der Waals surface area contributed by atoms with E-state index in [1.807, 2.05) is 13.8 Å². The molecule has 0 aromatic carbocycles. The van der Waals surface area contributed by atoms with Crippen molar-refractivity contribution in [3.8, 4) is 0 Å². The fraction of sp³-hybridized carbons (Fsp3) is 0.917. The maximum absolute atomic E-state index is 11.7. The van der Waals surface area contributed by atoms with Crippen LogP contribution in [-0.2, 0) is 28.5 Å². The van der Waals surface area contributed by atoms with E-state index in [-0.39, 0.29) is 12.1 Å². The van der Waals surface area contributed by atoms with Gasteiger partial charge < -0.3 is 23.7 Å². The van der Waals surface area contributed by atoms with E-state index in [4.69, 9.17) is 23.7 Å². The molecule has 3 heterocycles. The van der Waals surface area contributed by atoms with E-state index in [0.717, 1.165) is 0 Å². The lowest BCUT2D eigenvalue weighted by Crippen LogP contribution is -2.40. The second kappa shape index (κ2) is 3.66. The Bertz CT molecular complexity index is 377. The van der Waals surface area contributed by atoms with Crippen LogP contribution in [0.25, 0.3) is 0 Å². The minimum absolute atomic E-state index is 0.309. The average molecular weight is 258 g/mol. The van der Waals surface area contributed by atoms with Gasteiger partial charge in [-0.1, -0.05) is 0 Å². The second-order valence-electron chi connectivity index (χ2n) is 5.79. The summed E-state index contributed by atoms with van der Waals surface area (Å²) in [6.45, 7) is 7.61. The molecule has 4 atom stereocenters. The number of hydrogen-bond donors (Lipinski definition) is 0. The summed E-state index contributed by atoms with van der Waals surface area (Å²) in [7, 11) is 0. The summed E-state index contributed by atoms with van der Waals surface area (Å²) < 4.78 is 27.8. The SMILES string of the molecule is CC1(C)OC[C@H]([C@H]2OC(=O)[C@@H]3OC(C)(C)O[C@@H]23)O1. The van der Waals surface area contributed by atoms with Gasteiger partial charge in [0, 0.05) is 0 Å². The number of esters is 1. The normalized spacial score (nSPS) is 45.0. The molecule has 0 aliphatic carbocycles. The van der Waals surface area contributed by atoms with Crippen molar-refractivity contribution in [2.75, 3.05) is 6.61 Å². The Balaban J connectivity index is 1.77. The number of ether oxygens (including phenoxy) is 5. The van der Waals surface area contributed by atoms with Crippen LogP contribution in [0.1, 0.15) is 27.7 Å². The van der Waals surface area contributed by atoms with Crippen LogP contribution in [0.5, 0.6) is 0 Å². The van der Waals surface area contributed by atoms with Gasteiger partial charge in [0.05, 0.1) is 6.61 Å². The molecule has 3 saturated heterocycles. The first-order valence-electron chi connectivity index (χ1n) is 6.15. The molecular weight excluding hydrogens is 240 g/mol. The number of fused-ring (bicyclic) bond motifs is 1. The molecule has 3 rings (SSSR count). The Labute approximate surface area is 105 Å². The van der Waals surface area contributed by atoms with Gasteiger partial charge in [0.2, 0.25) is 0 Å². The second-order valence-corrected chi connectivity index (χ2v) is 5.79. The zero-order chi connectivity index (χ0) is 13.1. The largest absolute Gasteiger partial charge is 0.455 e. The van der Waals surface area contributed by atoms with Gasteiger partial charge in [0.15, 0.2) is 23.8 Å². The van der Waals surface area contributed by atoms with Gasteiger partial charge in [-0.2, -0.15) is 0 Å². The molecule has 0 bridgehead atoms. The highest BCUT2D eigenvalue weighted by Crippen LogP contribution is 2.39. The third-order valence-electron chi connectivity index (χ3n) is 3.33. The van der Waals surface area contributed by atoms with Crippen molar-refractivity contribution in [2.45, 2.75) is 63.7 Å². The van der Waals surface area contributed by atoms with Gasteiger partial charge in [0.1, 0.15) is 12.2 Å². The first-order chi connectivity index (χ1) is 8.27. The van der Waals surface area contributed by atoms with E-state index in [0.29, 0.717) is 6.61 Å². The topological polar surface area (TPSA) is 63.2 Å². The van der Waals surface area contributed by atoms with E-state index < -0.39 is 29.9 Å². The van der Waals surface area contributed by atoms with E-state index >= 15 is 0 Å². The van der Waals surface area contributed by atoms with Crippen molar-refractivity contribution in [1.29, 1.82) is 0 Å². The third-order valence-corrected chi connectivity index (χ3v) is 3.33. The fourth-order valence-corrected chi connectivity index (χ4v) is 2.64. The van der Waals surface area contributed by atoms with Gasteiger partial charge in [-0.05, 0) is 27.7 Å². The molecular formula is C12H18O6. The Kier molecular flexibility index (Phi) is 2.51. The molecule has 0 aromatic rings.